The predicted molar refractivity (Wildman–Crippen MR) is 120 cm³/mol. The number of halogens is 2. The van der Waals surface area contributed by atoms with E-state index >= 15 is 0 Å². The number of aliphatic imine (C=N–C) groups is 1. The van der Waals surface area contributed by atoms with Crippen molar-refractivity contribution in [3.63, 3.8) is 0 Å². The van der Waals surface area contributed by atoms with E-state index in [1.807, 2.05) is 48.7 Å². The second kappa shape index (κ2) is 9.26. The molecule has 0 aliphatic heterocycles. The summed E-state index contributed by atoms with van der Waals surface area (Å²) in [6.45, 7) is 4.59. The maximum Gasteiger partial charge on any atom is 0.175 e. The van der Waals surface area contributed by atoms with Crippen LogP contribution in [0.3, 0.4) is 0 Å². The first-order chi connectivity index (χ1) is 13.5. The molecule has 0 aliphatic carbocycles. The summed E-state index contributed by atoms with van der Waals surface area (Å²) >= 11 is 9.51. The standard InChI is InChI=1S/C23H21BrClNO2/c1-15-4-9-20(10-16(15)2)26-13-18-11-21(24)23(22(12-18)27-3)28-14-17-5-7-19(25)8-6-17/h4-13H,14H2,1-3H3. The van der Waals surface area contributed by atoms with Crippen molar-refractivity contribution in [2.75, 3.05) is 7.11 Å². The van der Waals surface area contributed by atoms with Crippen LogP contribution in [-0.4, -0.2) is 13.3 Å². The van der Waals surface area contributed by atoms with E-state index < -0.39 is 0 Å². The average Bonchev–Trinajstić information content (AvgIpc) is 2.69. The van der Waals surface area contributed by atoms with E-state index in [2.05, 4.69) is 46.9 Å². The van der Waals surface area contributed by atoms with Crippen molar-refractivity contribution in [3.05, 3.63) is 86.3 Å². The van der Waals surface area contributed by atoms with Gasteiger partial charge in [-0.15, -0.1) is 0 Å². The van der Waals surface area contributed by atoms with Crippen molar-refractivity contribution >= 4 is 39.4 Å². The fraction of sp³-hybridized carbons (Fsp3) is 0.174. The normalized spacial score (nSPS) is 11.0. The summed E-state index contributed by atoms with van der Waals surface area (Å²) < 4.78 is 12.3. The van der Waals surface area contributed by atoms with Gasteiger partial charge in [-0.3, -0.25) is 4.99 Å². The van der Waals surface area contributed by atoms with Crippen molar-refractivity contribution in [2.24, 2.45) is 4.99 Å². The second-order valence-corrected chi connectivity index (χ2v) is 7.77. The van der Waals surface area contributed by atoms with Crippen LogP contribution in [0, 0.1) is 13.8 Å². The van der Waals surface area contributed by atoms with Crippen molar-refractivity contribution in [3.8, 4) is 11.5 Å². The third-order valence-electron chi connectivity index (χ3n) is 4.40. The number of hydrogen-bond acceptors (Lipinski definition) is 3. The van der Waals surface area contributed by atoms with Crippen LogP contribution in [0.15, 0.2) is 64.1 Å². The summed E-state index contributed by atoms with van der Waals surface area (Å²) in [5, 5.41) is 0.704. The van der Waals surface area contributed by atoms with Crippen molar-refractivity contribution in [1.82, 2.24) is 0 Å². The molecule has 3 nitrogen and oxygen atoms in total. The number of benzene rings is 3. The number of rotatable bonds is 6. The number of nitrogens with zero attached hydrogens (tertiary/aromatic N) is 1. The highest BCUT2D eigenvalue weighted by molar-refractivity contribution is 9.10. The van der Waals surface area contributed by atoms with Gasteiger partial charge in [0.1, 0.15) is 6.61 Å². The monoisotopic (exact) mass is 457 g/mol. The van der Waals surface area contributed by atoms with Gasteiger partial charge in [0.25, 0.3) is 0 Å². The molecule has 0 unspecified atom stereocenters. The predicted octanol–water partition coefficient (Wildman–Crippen LogP) is 7.06. The van der Waals surface area contributed by atoms with Crippen LogP contribution in [0.25, 0.3) is 0 Å². The molecule has 0 heterocycles. The van der Waals surface area contributed by atoms with Crippen molar-refractivity contribution in [1.29, 1.82) is 0 Å². The van der Waals surface area contributed by atoms with Crippen molar-refractivity contribution < 1.29 is 9.47 Å². The molecule has 0 N–H and O–H groups in total. The molecule has 0 aromatic heterocycles. The zero-order chi connectivity index (χ0) is 20.1. The summed E-state index contributed by atoms with van der Waals surface area (Å²) in [6.07, 6.45) is 1.82. The Bertz CT molecular complexity index is 1000. The molecule has 0 amide bonds. The van der Waals surface area contributed by atoms with E-state index in [9.17, 15) is 0 Å². The van der Waals surface area contributed by atoms with E-state index in [0.29, 0.717) is 23.1 Å². The molecule has 3 aromatic rings. The van der Waals surface area contributed by atoms with E-state index in [4.69, 9.17) is 21.1 Å². The summed E-state index contributed by atoms with van der Waals surface area (Å²) in [5.41, 5.74) is 5.34. The highest BCUT2D eigenvalue weighted by atomic mass is 79.9. The van der Waals surface area contributed by atoms with Crippen LogP contribution < -0.4 is 9.47 Å². The van der Waals surface area contributed by atoms with Gasteiger partial charge in [0.2, 0.25) is 0 Å². The molecule has 28 heavy (non-hydrogen) atoms. The smallest absolute Gasteiger partial charge is 0.175 e. The number of ether oxygens (including phenoxy) is 2. The summed E-state index contributed by atoms with van der Waals surface area (Å²) in [7, 11) is 1.63. The Labute approximate surface area is 179 Å². The van der Waals surface area contributed by atoms with Crippen LogP contribution >= 0.6 is 27.5 Å². The maximum absolute atomic E-state index is 5.97. The minimum absolute atomic E-state index is 0.419. The van der Waals surface area contributed by atoms with E-state index in [1.54, 1.807) is 7.11 Å². The first kappa shape index (κ1) is 20.4. The maximum atomic E-state index is 5.97. The zero-order valence-electron chi connectivity index (χ0n) is 16.0. The molecule has 144 valence electrons. The Morgan fingerprint density at radius 1 is 1.00 bits per heavy atom. The Kier molecular flexibility index (Phi) is 6.76. The van der Waals surface area contributed by atoms with Crippen LogP contribution in [-0.2, 0) is 6.61 Å². The topological polar surface area (TPSA) is 30.8 Å². The van der Waals surface area contributed by atoms with Gasteiger partial charge in [0.15, 0.2) is 11.5 Å². The molecule has 0 atom stereocenters. The number of aryl methyl sites for hydroxylation is 2. The first-order valence-electron chi connectivity index (χ1n) is 8.82. The van der Waals surface area contributed by atoms with Gasteiger partial charge in [-0.1, -0.05) is 29.8 Å². The Hall–Kier alpha value is -2.30. The SMILES string of the molecule is COc1cc(C=Nc2ccc(C)c(C)c2)cc(Br)c1OCc1ccc(Cl)cc1. The van der Waals surface area contributed by atoms with E-state index in [1.165, 1.54) is 11.1 Å². The lowest BCUT2D eigenvalue weighted by Crippen LogP contribution is -1.99. The molecule has 0 fully saturated rings. The Morgan fingerprint density at radius 2 is 1.75 bits per heavy atom. The molecular weight excluding hydrogens is 438 g/mol. The van der Waals surface area contributed by atoms with Crippen LogP contribution in [0.5, 0.6) is 11.5 Å². The van der Waals surface area contributed by atoms with Gasteiger partial charge >= 0.3 is 0 Å². The van der Waals surface area contributed by atoms with Crippen LogP contribution in [0.4, 0.5) is 5.69 Å². The van der Waals surface area contributed by atoms with E-state index in [0.717, 1.165) is 21.3 Å². The quantitative estimate of drug-likeness (QED) is 0.370. The number of hydrogen-bond donors (Lipinski definition) is 0. The summed E-state index contributed by atoms with van der Waals surface area (Å²) in [6, 6.07) is 17.6. The van der Waals surface area contributed by atoms with Gasteiger partial charge in [-0.2, -0.15) is 0 Å². The lowest BCUT2D eigenvalue weighted by Gasteiger charge is -2.13. The minimum atomic E-state index is 0.419. The molecular formula is C23H21BrClNO2. The van der Waals surface area contributed by atoms with Gasteiger partial charge in [-0.05, 0) is 88.4 Å². The molecule has 0 bridgehead atoms. The summed E-state index contributed by atoms with van der Waals surface area (Å²) in [5.74, 6) is 1.30. The van der Waals surface area contributed by atoms with Gasteiger partial charge < -0.3 is 9.47 Å². The molecule has 0 saturated heterocycles. The van der Waals surface area contributed by atoms with Gasteiger partial charge in [0, 0.05) is 11.2 Å². The largest absolute Gasteiger partial charge is 0.493 e. The molecule has 0 spiro atoms. The van der Waals surface area contributed by atoms with Gasteiger partial charge in [0.05, 0.1) is 17.3 Å². The third-order valence-corrected chi connectivity index (χ3v) is 5.24. The van der Waals surface area contributed by atoms with E-state index in [-0.39, 0.29) is 0 Å². The lowest BCUT2D eigenvalue weighted by atomic mass is 10.1. The molecule has 0 radical (unpaired) electrons. The van der Waals surface area contributed by atoms with Crippen LogP contribution in [0.1, 0.15) is 22.3 Å². The molecule has 0 aliphatic rings. The fourth-order valence-electron chi connectivity index (χ4n) is 2.65. The highest BCUT2D eigenvalue weighted by Gasteiger charge is 2.11. The third kappa shape index (κ3) is 5.15. The molecule has 5 heteroatoms. The van der Waals surface area contributed by atoms with Crippen molar-refractivity contribution in [2.45, 2.75) is 20.5 Å². The molecule has 3 aromatic carbocycles. The average molecular weight is 459 g/mol. The highest BCUT2D eigenvalue weighted by Crippen LogP contribution is 2.37. The first-order valence-corrected chi connectivity index (χ1v) is 9.99. The van der Waals surface area contributed by atoms with Gasteiger partial charge in [-0.25, -0.2) is 0 Å². The fourth-order valence-corrected chi connectivity index (χ4v) is 3.35. The Morgan fingerprint density at radius 3 is 2.43 bits per heavy atom. The Balaban J connectivity index is 1.79. The van der Waals surface area contributed by atoms with Crippen LogP contribution in [0.2, 0.25) is 5.02 Å². The molecule has 3 rings (SSSR count). The summed E-state index contributed by atoms with van der Waals surface area (Å²) in [4.78, 5) is 4.57. The zero-order valence-corrected chi connectivity index (χ0v) is 18.3. The lowest BCUT2D eigenvalue weighted by molar-refractivity contribution is 0.282. The molecule has 0 saturated carbocycles. The minimum Gasteiger partial charge on any atom is -0.493 e. The number of methoxy groups -OCH3 is 1. The second-order valence-electron chi connectivity index (χ2n) is 6.48.